The van der Waals surface area contributed by atoms with Crippen LogP contribution in [-0.4, -0.2) is 48.6 Å². The number of benzene rings is 2. The first-order chi connectivity index (χ1) is 17.2. The lowest BCUT2D eigenvalue weighted by Gasteiger charge is -2.22. The third-order valence-corrected chi connectivity index (χ3v) is 7.52. The number of nitrogens with one attached hydrogen (secondary N) is 1. The van der Waals surface area contributed by atoms with Crippen molar-refractivity contribution in [2.45, 2.75) is 30.3 Å². The van der Waals surface area contributed by atoms with Crippen molar-refractivity contribution in [1.29, 1.82) is 0 Å². The number of aromatic nitrogens is 2. The molecule has 1 aromatic heterocycles. The molecule has 4 rings (SSSR count). The second-order valence-electron chi connectivity index (χ2n) is 8.83. The van der Waals surface area contributed by atoms with E-state index >= 15 is 0 Å². The van der Waals surface area contributed by atoms with Gasteiger partial charge in [0.15, 0.2) is 0 Å². The molecular weight excluding hydrogens is 535 g/mol. The van der Waals surface area contributed by atoms with Crippen LogP contribution in [0.1, 0.15) is 19.4 Å². The van der Waals surface area contributed by atoms with E-state index in [0.717, 1.165) is 11.3 Å². The van der Waals surface area contributed by atoms with E-state index in [0.29, 0.717) is 35.9 Å². The fourth-order valence-electron chi connectivity index (χ4n) is 3.85. The van der Waals surface area contributed by atoms with Crippen LogP contribution < -0.4 is 10.2 Å². The molecule has 2 heterocycles. The van der Waals surface area contributed by atoms with Gasteiger partial charge in [-0.3, -0.25) is 0 Å². The summed E-state index contributed by atoms with van der Waals surface area (Å²) in [7, 11) is -3.89. The van der Waals surface area contributed by atoms with Crippen molar-refractivity contribution >= 4 is 50.6 Å². The predicted octanol–water partition coefficient (Wildman–Crippen LogP) is 4.94. The first-order valence-electron chi connectivity index (χ1n) is 10.7. The number of hydroxylamine groups is 1. The molecule has 0 atom stereocenters. The molecule has 0 fully saturated rings. The zero-order valence-corrected chi connectivity index (χ0v) is 21.3. The van der Waals surface area contributed by atoms with Gasteiger partial charge in [0.25, 0.3) is 10.0 Å². The number of sulfonamides is 1. The lowest BCUT2D eigenvalue weighted by molar-refractivity contribution is -0.219. The molecule has 196 valence electrons. The maximum atomic E-state index is 12.9. The van der Waals surface area contributed by atoms with Crippen LogP contribution in [0.2, 0.25) is 5.02 Å². The Morgan fingerprint density at radius 3 is 2.46 bits per heavy atom. The average molecular weight is 556 g/mol. The molecule has 1 N–H and O–H groups in total. The van der Waals surface area contributed by atoms with Gasteiger partial charge in [0, 0.05) is 41.5 Å². The number of carbonyl (C=O) groups excluding carboxylic acids is 1. The van der Waals surface area contributed by atoms with Gasteiger partial charge in [0.1, 0.15) is 18.0 Å². The first kappa shape index (κ1) is 26.6. The van der Waals surface area contributed by atoms with Gasteiger partial charge in [-0.1, -0.05) is 31.5 Å². The molecule has 14 heteroatoms. The minimum Gasteiger partial charge on any atom is -0.345 e. The van der Waals surface area contributed by atoms with Crippen molar-refractivity contribution in [1.82, 2.24) is 14.4 Å². The SMILES string of the molecule is CN(OC(=O)C(F)(F)F)S(=O)(=O)c1ccc2c(c1)N(c1cc(Nc3ccc(Cl)cc3)ncn1)CC2(C)C. The fraction of sp³-hybridized carbons (Fsp3) is 0.261. The van der Waals surface area contributed by atoms with Crippen molar-refractivity contribution in [3.05, 3.63) is 65.4 Å². The Bertz CT molecular complexity index is 1450. The molecule has 0 saturated heterocycles. The third-order valence-electron chi connectivity index (χ3n) is 5.67. The quantitative estimate of drug-likeness (QED) is 0.426. The van der Waals surface area contributed by atoms with Gasteiger partial charge in [-0.15, -0.1) is 0 Å². The van der Waals surface area contributed by atoms with Crippen LogP contribution in [0.5, 0.6) is 0 Å². The molecule has 0 saturated carbocycles. The average Bonchev–Trinajstić information content (AvgIpc) is 3.10. The van der Waals surface area contributed by atoms with E-state index in [1.165, 1.54) is 18.5 Å². The molecular formula is C23H21ClF3N5O4S. The summed E-state index contributed by atoms with van der Waals surface area (Å²) in [5.41, 5.74) is 1.60. The summed E-state index contributed by atoms with van der Waals surface area (Å²) >= 11 is 5.93. The van der Waals surface area contributed by atoms with Crippen LogP contribution in [0.4, 0.5) is 36.2 Å². The highest BCUT2D eigenvalue weighted by Gasteiger charge is 2.44. The molecule has 3 aromatic rings. The van der Waals surface area contributed by atoms with Crippen molar-refractivity contribution in [3.63, 3.8) is 0 Å². The van der Waals surface area contributed by atoms with E-state index in [2.05, 4.69) is 20.1 Å². The number of fused-ring (bicyclic) bond motifs is 1. The highest BCUT2D eigenvalue weighted by Crippen LogP contribution is 2.45. The molecule has 1 aliphatic rings. The van der Waals surface area contributed by atoms with E-state index in [4.69, 9.17) is 11.6 Å². The summed E-state index contributed by atoms with van der Waals surface area (Å²) in [6.07, 6.45) is -4.00. The molecule has 0 spiro atoms. The van der Waals surface area contributed by atoms with Crippen LogP contribution in [0.25, 0.3) is 0 Å². The van der Waals surface area contributed by atoms with Gasteiger partial charge in [0.05, 0.1) is 4.90 Å². The Morgan fingerprint density at radius 2 is 1.81 bits per heavy atom. The summed E-state index contributed by atoms with van der Waals surface area (Å²) in [4.78, 5) is 25.1. The number of halogens is 4. The summed E-state index contributed by atoms with van der Waals surface area (Å²) in [5.74, 6) is -1.71. The number of nitrogens with zero attached hydrogens (tertiary/aromatic N) is 4. The standard InChI is InChI=1S/C23H21ClF3N5O4S/c1-22(2)12-32(20-11-19(28-13-29-20)30-15-6-4-14(24)5-7-15)18-10-16(8-9-17(18)22)37(34,35)31(3)36-21(33)23(25,26)27/h4-11,13H,12H2,1-3H3,(H,28,29,30). The van der Waals surface area contributed by atoms with Gasteiger partial charge >= 0.3 is 12.1 Å². The molecule has 0 bridgehead atoms. The Morgan fingerprint density at radius 1 is 1.14 bits per heavy atom. The van der Waals surface area contributed by atoms with E-state index in [1.54, 1.807) is 41.3 Å². The summed E-state index contributed by atoms with van der Waals surface area (Å²) in [6, 6.07) is 12.8. The monoisotopic (exact) mass is 555 g/mol. The van der Waals surface area contributed by atoms with E-state index in [-0.39, 0.29) is 9.36 Å². The predicted molar refractivity (Wildman–Crippen MR) is 130 cm³/mol. The van der Waals surface area contributed by atoms with E-state index in [1.807, 2.05) is 13.8 Å². The maximum absolute atomic E-state index is 12.9. The second kappa shape index (κ2) is 9.47. The fourth-order valence-corrected chi connectivity index (χ4v) is 4.94. The van der Waals surface area contributed by atoms with Crippen LogP contribution in [0.3, 0.4) is 0 Å². The van der Waals surface area contributed by atoms with Gasteiger partial charge in [-0.05, 0) is 46.4 Å². The minimum absolute atomic E-state index is 0.103. The first-order valence-corrected chi connectivity index (χ1v) is 12.5. The van der Waals surface area contributed by atoms with Gasteiger partial charge in [0.2, 0.25) is 0 Å². The lowest BCUT2D eigenvalue weighted by Crippen LogP contribution is -2.36. The van der Waals surface area contributed by atoms with Crippen LogP contribution in [-0.2, 0) is 25.1 Å². The number of anilines is 4. The van der Waals surface area contributed by atoms with E-state index in [9.17, 15) is 26.4 Å². The Labute approximate surface area is 215 Å². The molecule has 9 nitrogen and oxygen atoms in total. The largest absolute Gasteiger partial charge is 0.492 e. The van der Waals surface area contributed by atoms with Gasteiger partial charge in [-0.2, -0.15) is 13.2 Å². The maximum Gasteiger partial charge on any atom is 0.492 e. The Kier molecular flexibility index (Phi) is 6.82. The zero-order chi connectivity index (χ0) is 27.2. The molecule has 1 aliphatic heterocycles. The number of alkyl halides is 3. The molecule has 0 unspecified atom stereocenters. The second-order valence-corrected chi connectivity index (χ2v) is 11.2. The van der Waals surface area contributed by atoms with E-state index < -0.39 is 27.6 Å². The number of hydrogen-bond donors (Lipinski definition) is 1. The van der Waals surface area contributed by atoms with Crippen LogP contribution in [0.15, 0.2) is 59.8 Å². The smallest absolute Gasteiger partial charge is 0.345 e. The van der Waals surface area contributed by atoms with Crippen LogP contribution >= 0.6 is 11.6 Å². The van der Waals surface area contributed by atoms with Crippen molar-refractivity contribution in [2.24, 2.45) is 0 Å². The number of hydrogen-bond acceptors (Lipinski definition) is 8. The Hall–Kier alpha value is -3.42. The van der Waals surface area contributed by atoms with Gasteiger partial charge in [-0.25, -0.2) is 23.2 Å². The summed E-state index contributed by atoms with van der Waals surface area (Å²) in [5, 5.41) is 3.72. The highest BCUT2D eigenvalue weighted by molar-refractivity contribution is 7.89. The van der Waals surface area contributed by atoms with Gasteiger partial charge < -0.3 is 15.1 Å². The van der Waals surface area contributed by atoms with Crippen molar-refractivity contribution in [2.75, 3.05) is 23.8 Å². The molecule has 37 heavy (non-hydrogen) atoms. The lowest BCUT2D eigenvalue weighted by atomic mass is 9.87. The Balaban J connectivity index is 1.67. The highest BCUT2D eigenvalue weighted by atomic mass is 35.5. The van der Waals surface area contributed by atoms with Crippen molar-refractivity contribution < 1.29 is 31.2 Å². The number of carbonyl (C=O) groups is 1. The number of rotatable bonds is 6. The zero-order valence-electron chi connectivity index (χ0n) is 19.7. The minimum atomic E-state index is -5.35. The molecule has 0 radical (unpaired) electrons. The van der Waals surface area contributed by atoms with Crippen LogP contribution in [0, 0.1) is 0 Å². The van der Waals surface area contributed by atoms with Crippen molar-refractivity contribution in [3.8, 4) is 0 Å². The summed E-state index contributed by atoms with van der Waals surface area (Å²) in [6.45, 7) is 4.36. The normalized spacial score (nSPS) is 15.0. The summed E-state index contributed by atoms with van der Waals surface area (Å²) < 4.78 is 63.4. The molecule has 0 aliphatic carbocycles. The third kappa shape index (κ3) is 5.48. The molecule has 2 aromatic carbocycles. The topological polar surface area (TPSA) is 105 Å². The molecule has 0 amide bonds.